The third-order valence-electron chi connectivity index (χ3n) is 5.26. The Morgan fingerprint density at radius 3 is 2.18 bits per heavy atom. The third-order valence-corrected chi connectivity index (χ3v) is 5.26. The van der Waals surface area contributed by atoms with Gasteiger partial charge in [0, 0.05) is 29.9 Å². The van der Waals surface area contributed by atoms with Crippen molar-refractivity contribution in [2.45, 2.75) is 47.5 Å². The fourth-order valence-corrected chi connectivity index (χ4v) is 3.93. The van der Waals surface area contributed by atoms with E-state index in [-0.39, 0.29) is 11.8 Å². The van der Waals surface area contributed by atoms with Gasteiger partial charge < -0.3 is 24.4 Å². The van der Waals surface area contributed by atoms with Gasteiger partial charge in [-0.15, -0.1) is 0 Å². The number of rotatable bonds is 10. The average molecular weight is 455 g/mol. The molecular weight excluding hydrogens is 420 g/mol. The van der Waals surface area contributed by atoms with Crippen molar-refractivity contribution >= 4 is 23.2 Å². The van der Waals surface area contributed by atoms with E-state index >= 15 is 0 Å². The smallest absolute Gasteiger partial charge is 0.255 e. The Balaban J connectivity index is 1.87. The largest absolute Gasteiger partial charge is 0.490 e. The monoisotopic (exact) mass is 454 g/mol. The van der Waals surface area contributed by atoms with Gasteiger partial charge in [-0.3, -0.25) is 9.59 Å². The van der Waals surface area contributed by atoms with Crippen molar-refractivity contribution < 1.29 is 23.8 Å². The molecule has 0 unspecified atom stereocenters. The second-order valence-electron chi connectivity index (χ2n) is 8.30. The number of carbonyl (C=O) groups excluding carboxylic acids is 2. The number of hydrogen-bond acceptors (Lipinski definition) is 5. The number of nitrogens with zero attached hydrogens (tertiary/aromatic N) is 1. The molecule has 7 heteroatoms. The molecule has 178 valence electrons. The van der Waals surface area contributed by atoms with E-state index in [1.165, 1.54) is 0 Å². The van der Waals surface area contributed by atoms with Crippen LogP contribution in [0.15, 0.2) is 30.3 Å². The van der Waals surface area contributed by atoms with Crippen molar-refractivity contribution in [2.24, 2.45) is 5.92 Å². The van der Waals surface area contributed by atoms with Gasteiger partial charge in [0.25, 0.3) is 5.91 Å². The summed E-state index contributed by atoms with van der Waals surface area (Å²) < 4.78 is 17.2. The van der Waals surface area contributed by atoms with Gasteiger partial charge in [0.2, 0.25) is 11.7 Å². The van der Waals surface area contributed by atoms with Gasteiger partial charge in [-0.1, -0.05) is 13.8 Å². The quantitative estimate of drug-likeness (QED) is 0.542. The molecule has 2 aromatic rings. The molecule has 1 aliphatic heterocycles. The summed E-state index contributed by atoms with van der Waals surface area (Å²) in [5.74, 6) is 1.70. The van der Waals surface area contributed by atoms with Gasteiger partial charge in [-0.25, -0.2) is 0 Å². The zero-order chi connectivity index (χ0) is 24.0. The standard InChI is InChI=1S/C26H34N2O5/c1-6-31-22-14-19(15-23(32-7-2)25(22)33-8-3)26(30)27-20-10-11-21-18(13-20)9-12-24(29)28(21)16-17(4)5/h10-11,13-15,17H,6-9,12,16H2,1-5H3,(H,27,30). The predicted molar refractivity (Wildman–Crippen MR) is 130 cm³/mol. The fraction of sp³-hybridized carbons (Fsp3) is 0.462. The van der Waals surface area contributed by atoms with E-state index in [0.29, 0.717) is 73.6 Å². The van der Waals surface area contributed by atoms with Crippen LogP contribution in [0.4, 0.5) is 11.4 Å². The minimum absolute atomic E-state index is 0.147. The Labute approximate surface area is 196 Å². The number of ether oxygens (including phenoxy) is 3. The lowest BCUT2D eigenvalue weighted by Gasteiger charge is -2.31. The summed E-state index contributed by atoms with van der Waals surface area (Å²) in [5.41, 5.74) is 3.09. The highest BCUT2D eigenvalue weighted by Crippen LogP contribution is 2.39. The van der Waals surface area contributed by atoms with E-state index in [2.05, 4.69) is 19.2 Å². The molecule has 0 atom stereocenters. The Hall–Kier alpha value is -3.22. The van der Waals surface area contributed by atoms with E-state index in [9.17, 15) is 9.59 Å². The minimum atomic E-state index is -0.272. The molecule has 0 spiro atoms. The molecule has 0 aliphatic carbocycles. The lowest BCUT2D eigenvalue weighted by atomic mass is 9.99. The van der Waals surface area contributed by atoms with E-state index in [1.54, 1.807) is 12.1 Å². The minimum Gasteiger partial charge on any atom is -0.490 e. The second-order valence-corrected chi connectivity index (χ2v) is 8.30. The van der Waals surface area contributed by atoms with E-state index in [0.717, 1.165) is 11.3 Å². The summed E-state index contributed by atoms with van der Waals surface area (Å²) >= 11 is 0. The van der Waals surface area contributed by atoms with Crippen molar-refractivity contribution in [1.82, 2.24) is 0 Å². The first-order valence-electron chi connectivity index (χ1n) is 11.7. The highest BCUT2D eigenvalue weighted by molar-refractivity contribution is 6.05. The van der Waals surface area contributed by atoms with Crippen molar-refractivity contribution in [3.8, 4) is 17.2 Å². The van der Waals surface area contributed by atoms with Crippen LogP contribution >= 0.6 is 0 Å². The number of anilines is 2. The van der Waals surface area contributed by atoms with Gasteiger partial charge in [-0.2, -0.15) is 0 Å². The van der Waals surface area contributed by atoms with E-state index in [1.807, 2.05) is 43.9 Å². The molecule has 2 amide bonds. The normalized spacial score (nSPS) is 13.0. The topological polar surface area (TPSA) is 77.1 Å². The highest BCUT2D eigenvalue weighted by Gasteiger charge is 2.25. The molecule has 0 saturated heterocycles. The first kappa shape index (κ1) is 24.4. The van der Waals surface area contributed by atoms with Crippen molar-refractivity contribution in [1.29, 1.82) is 0 Å². The Kier molecular flexibility index (Phi) is 8.20. The number of hydrogen-bond donors (Lipinski definition) is 1. The van der Waals surface area contributed by atoms with Gasteiger partial charge in [0.1, 0.15) is 0 Å². The molecule has 33 heavy (non-hydrogen) atoms. The first-order chi connectivity index (χ1) is 15.9. The summed E-state index contributed by atoms with van der Waals surface area (Å²) in [5, 5.41) is 2.97. The number of aryl methyl sites for hydroxylation is 1. The maximum absolute atomic E-state index is 13.1. The summed E-state index contributed by atoms with van der Waals surface area (Å²) in [6.07, 6.45) is 1.14. The molecule has 0 radical (unpaired) electrons. The maximum atomic E-state index is 13.1. The number of nitrogens with one attached hydrogen (secondary N) is 1. The molecular formula is C26H34N2O5. The molecule has 1 aliphatic rings. The summed E-state index contributed by atoms with van der Waals surface area (Å²) in [6.45, 7) is 11.9. The first-order valence-corrected chi connectivity index (χ1v) is 11.7. The predicted octanol–water partition coefficient (Wildman–Crippen LogP) is 5.07. The lowest BCUT2D eigenvalue weighted by molar-refractivity contribution is -0.119. The van der Waals surface area contributed by atoms with Crippen molar-refractivity contribution in [2.75, 3.05) is 36.6 Å². The summed E-state index contributed by atoms with van der Waals surface area (Å²) in [7, 11) is 0. The Morgan fingerprint density at radius 2 is 1.61 bits per heavy atom. The van der Waals surface area contributed by atoms with Gasteiger partial charge in [0.15, 0.2) is 11.5 Å². The molecule has 7 nitrogen and oxygen atoms in total. The molecule has 0 aromatic heterocycles. The van der Waals surface area contributed by atoms with E-state index in [4.69, 9.17) is 14.2 Å². The fourth-order valence-electron chi connectivity index (χ4n) is 3.93. The summed E-state index contributed by atoms with van der Waals surface area (Å²) in [4.78, 5) is 27.4. The van der Waals surface area contributed by atoms with Crippen LogP contribution in [-0.4, -0.2) is 38.2 Å². The molecule has 1 heterocycles. The number of benzene rings is 2. The number of amides is 2. The number of carbonyl (C=O) groups is 2. The Morgan fingerprint density at radius 1 is 0.970 bits per heavy atom. The van der Waals surface area contributed by atoms with Crippen LogP contribution in [0.1, 0.15) is 57.0 Å². The van der Waals surface area contributed by atoms with Crippen LogP contribution in [0, 0.1) is 5.92 Å². The second kappa shape index (κ2) is 11.1. The molecule has 1 N–H and O–H groups in total. The van der Waals surface area contributed by atoms with Crippen LogP contribution in [0.5, 0.6) is 17.2 Å². The average Bonchev–Trinajstić information content (AvgIpc) is 2.77. The van der Waals surface area contributed by atoms with Crippen LogP contribution in [0.3, 0.4) is 0 Å². The van der Waals surface area contributed by atoms with Crippen LogP contribution in [0.25, 0.3) is 0 Å². The molecule has 2 aromatic carbocycles. The summed E-state index contributed by atoms with van der Waals surface area (Å²) in [6, 6.07) is 9.06. The SMILES string of the molecule is CCOc1cc(C(=O)Nc2ccc3c(c2)CCC(=O)N3CC(C)C)cc(OCC)c1OCC. The molecule has 3 rings (SSSR count). The molecule has 0 fully saturated rings. The van der Waals surface area contributed by atoms with Gasteiger partial charge >= 0.3 is 0 Å². The highest BCUT2D eigenvalue weighted by atomic mass is 16.5. The lowest BCUT2D eigenvalue weighted by Crippen LogP contribution is -2.37. The van der Waals surface area contributed by atoms with E-state index < -0.39 is 0 Å². The van der Waals surface area contributed by atoms with Crippen LogP contribution in [-0.2, 0) is 11.2 Å². The van der Waals surface area contributed by atoms with Crippen molar-refractivity contribution in [3.63, 3.8) is 0 Å². The molecule has 0 bridgehead atoms. The molecule has 0 saturated carbocycles. The zero-order valence-corrected chi connectivity index (χ0v) is 20.2. The van der Waals surface area contributed by atoms with Gasteiger partial charge in [-0.05, 0) is 69.0 Å². The van der Waals surface area contributed by atoms with Crippen LogP contribution < -0.4 is 24.4 Å². The number of fused-ring (bicyclic) bond motifs is 1. The van der Waals surface area contributed by atoms with Crippen LogP contribution in [0.2, 0.25) is 0 Å². The zero-order valence-electron chi connectivity index (χ0n) is 20.2. The third kappa shape index (κ3) is 5.78. The van der Waals surface area contributed by atoms with Crippen molar-refractivity contribution in [3.05, 3.63) is 41.5 Å². The van der Waals surface area contributed by atoms with Gasteiger partial charge in [0.05, 0.1) is 19.8 Å². The maximum Gasteiger partial charge on any atom is 0.255 e. The Bertz CT molecular complexity index is 975.